The summed E-state index contributed by atoms with van der Waals surface area (Å²) in [6.45, 7) is 1.61. The molecule has 1 aliphatic rings. The van der Waals surface area contributed by atoms with Gasteiger partial charge in [-0.05, 0) is 36.8 Å². The lowest BCUT2D eigenvalue weighted by Gasteiger charge is -2.13. The van der Waals surface area contributed by atoms with E-state index in [-0.39, 0.29) is 16.2 Å². The van der Waals surface area contributed by atoms with Gasteiger partial charge in [-0.1, -0.05) is 30.0 Å². The number of rotatable bonds is 1. The van der Waals surface area contributed by atoms with Crippen LogP contribution in [-0.2, 0) is 17.8 Å². The molecule has 0 aliphatic carbocycles. The van der Waals surface area contributed by atoms with E-state index in [9.17, 15) is 22.6 Å². The molecule has 0 saturated carbocycles. The molecule has 3 aromatic rings. The number of hydrogen-bond donors (Lipinski definition) is 0. The van der Waals surface area contributed by atoms with Crippen molar-refractivity contribution < 1.29 is 13.0 Å². The van der Waals surface area contributed by atoms with Gasteiger partial charge in [0, 0.05) is 23.6 Å². The van der Waals surface area contributed by atoms with Crippen LogP contribution in [0.25, 0.3) is 11.3 Å². The molecule has 0 fully saturated rings. The largest absolute Gasteiger partial charge is 0.336 e. The van der Waals surface area contributed by atoms with Crippen LogP contribution in [0.1, 0.15) is 23.7 Å². The van der Waals surface area contributed by atoms with Crippen LogP contribution in [0.4, 0.5) is 8.78 Å². The molecule has 1 unspecified atom stereocenters. The minimum Gasteiger partial charge on any atom is -0.295 e. The fraction of sp³-hybridized carbons (Fsp3) is 0.0909. The zero-order chi connectivity index (χ0) is 21.6. The van der Waals surface area contributed by atoms with Crippen molar-refractivity contribution in [3.05, 3.63) is 97.2 Å². The summed E-state index contributed by atoms with van der Waals surface area (Å²) in [6.07, 6.45) is 0. The van der Waals surface area contributed by atoms with E-state index in [1.807, 2.05) is 6.07 Å². The molecule has 4 rings (SSSR count). The molecule has 0 amide bonds. The summed E-state index contributed by atoms with van der Waals surface area (Å²) in [6, 6.07) is 10.8. The smallest absolute Gasteiger partial charge is 0.295 e. The third kappa shape index (κ3) is 3.13. The van der Waals surface area contributed by atoms with E-state index in [2.05, 4.69) is 11.8 Å². The van der Waals surface area contributed by atoms with E-state index < -0.39 is 39.4 Å². The van der Waals surface area contributed by atoms with E-state index in [1.165, 1.54) is 12.5 Å². The van der Waals surface area contributed by atoms with Crippen molar-refractivity contribution in [1.82, 2.24) is 9.13 Å². The van der Waals surface area contributed by atoms with Gasteiger partial charge >= 0.3 is 5.69 Å². The zero-order valence-corrected chi connectivity index (χ0v) is 16.7. The Kier molecular flexibility index (Phi) is 4.84. The predicted molar refractivity (Wildman–Crippen MR) is 110 cm³/mol. The molecule has 30 heavy (non-hydrogen) atoms. The van der Waals surface area contributed by atoms with E-state index in [0.717, 1.165) is 16.7 Å². The molecule has 1 aliphatic heterocycles. The van der Waals surface area contributed by atoms with Crippen LogP contribution in [0.15, 0.2) is 62.4 Å². The molecular formula is C22H14F2N2O3S. The molecule has 0 bridgehead atoms. The van der Waals surface area contributed by atoms with E-state index >= 15 is 0 Å². The summed E-state index contributed by atoms with van der Waals surface area (Å²) in [5.74, 6) is 3.19. The quantitative estimate of drug-likeness (QED) is 0.565. The lowest BCUT2D eigenvalue weighted by atomic mass is 10.1. The lowest BCUT2D eigenvalue weighted by molar-refractivity contribution is 0.552. The van der Waals surface area contributed by atoms with E-state index in [1.54, 1.807) is 31.2 Å². The Balaban J connectivity index is 1.90. The zero-order valence-electron chi connectivity index (χ0n) is 15.9. The highest BCUT2D eigenvalue weighted by molar-refractivity contribution is 7.88. The Morgan fingerprint density at radius 3 is 2.20 bits per heavy atom. The van der Waals surface area contributed by atoms with Crippen LogP contribution in [0.2, 0.25) is 0 Å². The topological polar surface area (TPSA) is 61.1 Å². The number of nitrogens with zero attached hydrogens (tertiary/aromatic N) is 2. The summed E-state index contributed by atoms with van der Waals surface area (Å²) in [5, 5.41) is 1.32. The van der Waals surface area contributed by atoms with Gasteiger partial charge in [0.05, 0.1) is 16.5 Å². The van der Waals surface area contributed by atoms with Gasteiger partial charge in [-0.25, -0.2) is 22.4 Å². The van der Waals surface area contributed by atoms with Crippen LogP contribution in [-0.4, -0.2) is 13.3 Å². The summed E-state index contributed by atoms with van der Waals surface area (Å²) in [4.78, 5) is 25.4. The van der Waals surface area contributed by atoms with Crippen LogP contribution in [0.3, 0.4) is 0 Å². The molecule has 0 saturated heterocycles. The van der Waals surface area contributed by atoms with Crippen molar-refractivity contribution >= 4 is 16.4 Å². The molecule has 0 N–H and O–H groups in total. The number of allylic oxidation sites excluding steroid dienone is 1. The first kappa shape index (κ1) is 19.7. The van der Waals surface area contributed by atoms with Gasteiger partial charge in [-0.2, -0.15) is 0 Å². The monoisotopic (exact) mass is 424 g/mol. The maximum absolute atomic E-state index is 14.8. The molecule has 8 heteroatoms. The number of aromatic nitrogens is 2. The van der Waals surface area contributed by atoms with Gasteiger partial charge in [0.15, 0.2) is 11.6 Å². The second kappa shape index (κ2) is 7.35. The maximum atomic E-state index is 14.8. The van der Waals surface area contributed by atoms with Crippen LogP contribution < -0.4 is 11.2 Å². The Morgan fingerprint density at radius 1 is 0.967 bits per heavy atom. The molecule has 5 nitrogen and oxygen atoms in total. The fourth-order valence-corrected chi connectivity index (χ4v) is 4.60. The molecule has 1 atom stereocenters. The van der Waals surface area contributed by atoms with Crippen molar-refractivity contribution in [2.45, 2.75) is 11.8 Å². The Hall–Kier alpha value is -3.57. The summed E-state index contributed by atoms with van der Waals surface area (Å²) < 4.78 is 43.4. The summed E-state index contributed by atoms with van der Waals surface area (Å²) >= 11 is 0. The van der Waals surface area contributed by atoms with Crippen molar-refractivity contribution in [2.24, 2.45) is 7.05 Å². The first-order valence-corrected chi connectivity index (χ1v) is 10.0. The first-order valence-electron chi connectivity index (χ1n) is 8.81. The van der Waals surface area contributed by atoms with Gasteiger partial charge in [-0.3, -0.25) is 9.36 Å². The first-order chi connectivity index (χ1) is 14.3. The van der Waals surface area contributed by atoms with Crippen LogP contribution >= 0.6 is 0 Å². The number of fused-ring (bicyclic) bond motifs is 1. The Labute approximate surface area is 172 Å². The molecule has 150 valence electrons. The van der Waals surface area contributed by atoms with E-state index in [4.69, 9.17) is 0 Å². The van der Waals surface area contributed by atoms with Crippen molar-refractivity contribution in [1.29, 1.82) is 0 Å². The van der Waals surface area contributed by atoms with E-state index in [0.29, 0.717) is 15.7 Å². The third-order valence-electron chi connectivity index (χ3n) is 4.65. The molecule has 2 heterocycles. The van der Waals surface area contributed by atoms with Gasteiger partial charge < -0.3 is 0 Å². The van der Waals surface area contributed by atoms with Crippen molar-refractivity contribution in [2.75, 3.05) is 0 Å². The van der Waals surface area contributed by atoms with Crippen LogP contribution in [0, 0.1) is 23.5 Å². The average Bonchev–Trinajstić information content (AvgIpc) is 3.01. The minimum atomic E-state index is -1.81. The number of benzene rings is 2. The molecule has 0 radical (unpaired) electrons. The van der Waals surface area contributed by atoms with Crippen molar-refractivity contribution in [3.8, 4) is 17.5 Å². The van der Waals surface area contributed by atoms with Crippen LogP contribution in [0.5, 0.6) is 0 Å². The number of halogens is 2. The minimum absolute atomic E-state index is 0.0460. The van der Waals surface area contributed by atoms with Gasteiger partial charge in [-0.15, -0.1) is 0 Å². The molecule has 0 spiro atoms. The molecular weight excluding hydrogens is 410 g/mol. The second-order valence-corrected chi connectivity index (χ2v) is 7.90. The van der Waals surface area contributed by atoms with Gasteiger partial charge in [0.2, 0.25) is 0 Å². The maximum Gasteiger partial charge on any atom is 0.336 e. The summed E-state index contributed by atoms with van der Waals surface area (Å²) in [7, 11) is -0.453. The van der Waals surface area contributed by atoms with Crippen molar-refractivity contribution in [3.63, 3.8) is 0 Å². The second-order valence-electron chi connectivity index (χ2n) is 6.66. The number of hydrogen-bond acceptors (Lipinski definition) is 3. The third-order valence-corrected chi connectivity index (χ3v) is 5.99. The predicted octanol–water partition coefficient (Wildman–Crippen LogP) is 2.70. The lowest BCUT2D eigenvalue weighted by Crippen LogP contribution is -2.41. The molecule has 1 aromatic heterocycles. The molecule has 2 aromatic carbocycles. The standard InChI is InChI=1S/C22H14F2N2O3S/c1-13-12-30(29)20-18(13)25(2)22(28)26(21(20)27)19-16(23)10-15(11-17(19)24)9-8-14-6-4-3-5-7-14/h3-7,10-12H,1-2H3. The normalized spacial score (nSPS) is 14.7. The Morgan fingerprint density at radius 2 is 1.57 bits per heavy atom. The highest BCUT2D eigenvalue weighted by Crippen LogP contribution is 2.27. The highest BCUT2D eigenvalue weighted by atomic mass is 32.2. The highest BCUT2D eigenvalue weighted by Gasteiger charge is 2.29. The SMILES string of the molecule is CC1=CS(=O)c2c1n(C)c(=O)n(-c1c(F)cc(C#Cc3ccccc3)cc1F)c2=O. The Bertz CT molecular complexity index is 1420. The average molecular weight is 424 g/mol. The fourth-order valence-electron chi connectivity index (χ4n) is 3.30. The summed E-state index contributed by atoms with van der Waals surface area (Å²) in [5.41, 5.74) is -1.38. The van der Waals surface area contributed by atoms with Gasteiger partial charge in [0.25, 0.3) is 5.56 Å². The van der Waals surface area contributed by atoms with Gasteiger partial charge in [0.1, 0.15) is 10.6 Å².